The van der Waals surface area contributed by atoms with Crippen LogP contribution in [0.2, 0.25) is 0 Å². The molecule has 3 fully saturated rings. The zero-order chi connectivity index (χ0) is 23.6. The molecule has 1 spiro atoms. The van der Waals surface area contributed by atoms with Crippen LogP contribution in [0.4, 0.5) is 0 Å². The van der Waals surface area contributed by atoms with Crippen LogP contribution in [0.5, 0.6) is 0 Å². The second-order valence-electron chi connectivity index (χ2n) is 10.3. The molecule has 5 nitrogen and oxygen atoms in total. The van der Waals surface area contributed by atoms with Gasteiger partial charge in [0.2, 0.25) is 5.91 Å². The summed E-state index contributed by atoms with van der Waals surface area (Å²) in [5.41, 5.74) is 3.43. The van der Waals surface area contributed by atoms with Gasteiger partial charge >= 0.3 is 0 Å². The molecule has 0 atom stereocenters. The number of ketones is 2. The van der Waals surface area contributed by atoms with Crippen molar-refractivity contribution in [3.63, 3.8) is 0 Å². The summed E-state index contributed by atoms with van der Waals surface area (Å²) in [5, 5.41) is 0. The number of nitrogens with zero attached hydrogens (tertiary/aromatic N) is 1. The number of hydrogen-bond acceptors (Lipinski definition) is 4. The molecule has 0 bridgehead atoms. The van der Waals surface area contributed by atoms with Gasteiger partial charge in [0.25, 0.3) is 0 Å². The van der Waals surface area contributed by atoms with Crippen LogP contribution >= 0.6 is 0 Å². The minimum Gasteiger partial charge on any atom is -0.381 e. The molecule has 0 unspecified atom stereocenters. The van der Waals surface area contributed by atoms with Crippen molar-refractivity contribution in [2.75, 3.05) is 26.3 Å². The van der Waals surface area contributed by atoms with Crippen LogP contribution in [0, 0.1) is 37.0 Å². The fraction of sp³-hybridized carbons (Fsp3) is 0.607. The number of aryl methyl sites for hydroxylation is 2. The van der Waals surface area contributed by atoms with Crippen molar-refractivity contribution in [2.45, 2.75) is 71.6 Å². The lowest BCUT2D eigenvalue weighted by atomic mass is 9.62. The van der Waals surface area contributed by atoms with E-state index < -0.39 is 5.92 Å². The number of carbonyl (C=O) groups excluding carboxylic acids is 3. The first-order valence-corrected chi connectivity index (χ1v) is 12.3. The molecule has 4 rings (SSSR count). The molecule has 1 amide bonds. The molecular weight excluding hydrogens is 414 g/mol. The first kappa shape index (κ1) is 23.7. The summed E-state index contributed by atoms with van der Waals surface area (Å²) >= 11 is 0. The molecule has 2 heterocycles. The Hall–Kier alpha value is -2.45. The Bertz CT molecular complexity index is 957. The van der Waals surface area contributed by atoms with E-state index in [1.807, 2.05) is 30.9 Å². The summed E-state index contributed by atoms with van der Waals surface area (Å²) in [7, 11) is 0. The fourth-order valence-electron chi connectivity index (χ4n) is 6.06. The zero-order valence-corrected chi connectivity index (χ0v) is 20.2. The molecule has 2 aliphatic heterocycles. The van der Waals surface area contributed by atoms with Crippen LogP contribution < -0.4 is 0 Å². The lowest BCUT2D eigenvalue weighted by Gasteiger charge is -2.45. The van der Waals surface area contributed by atoms with Gasteiger partial charge in [0.1, 0.15) is 17.5 Å². The third-order valence-corrected chi connectivity index (χ3v) is 7.88. The summed E-state index contributed by atoms with van der Waals surface area (Å²) < 4.78 is 5.40. The number of hydrogen-bond donors (Lipinski definition) is 0. The number of carbonyl (C=O) groups is 3. The van der Waals surface area contributed by atoms with Crippen molar-refractivity contribution in [2.24, 2.45) is 11.3 Å². The van der Waals surface area contributed by atoms with E-state index in [9.17, 15) is 14.4 Å². The summed E-state index contributed by atoms with van der Waals surface area (Å²) in [5.74, 6) is 6.02. The van der Waals surface area contributed by atoms with Crippen LogP contribution in [0.1, 0.15) is 80.0 Å². The van der Waals surface area contributed by atoms with E-state index in [0.717, 1.165) is 61.2 Å². The molecule has 3 aliphatic rings. The molecule has 0 N–H and O–H groups in total. The van der Waals surface area contributed by atoms with Crippen LogP contribution in [0.25, 0.3) is 0 Å². The first-order valence-electron chi connectivity index (χ1n) is 12.3. The maximum Gasteiger partial charge on any atom is 0.222 e. The average molecular weight is 450 g/mol. The van der Waals surface area contributed by atoms with Gasteiger partial charge in [-0.3, -0.25) is 14.4 Å². The molecule has 1 saturated carbocycles. The highest BCUT2D eigenvalue weighted by Gasteiger charge is 2.47. The molecular formula is C28H35NO4. The van der Waals surface area contributed by atoms with E-state index in [1.165, 1.54) is 0 Å². The molecule has 0 radical (unpaired) electrons. The molecule has 176 valence electrons. The predicted octanol–water partition coefficient (Wildman–Crippen LogP) is 4.12. The Morgan fingerprint density at radius 3 is 2.18 bits per heavy atom. The van der Waals surface area contributed by atoms with Crippen molar-refractivity contribution in [3.8, 4) is 11.8 Å². The Balaban J connectivity index is 1.41. The SMILES string of the molecule is CC#Cc1cc(C)c(C2C(=O)CC3(CCN(C(=O)CC4CCOCC4)CC3)CC2=O)c(C)c1. The van der Waals surface area contributed by atoms with E-state index in [1.54, 1.807) is 6.92 Å². The summed E-state index contributed by atoms with van der Waals surface area (Å²) in [6.45, 7) is 8.54. The number of Topliss-reactive ketones (excluding diaryl/α,β-unsaturated/α-hetero) is 2. The van der Waals surface area contributed by atoms with Gasteiger partial charge in [-0.05, 0) is 86.6 Å². The van der Waals surface area contributed by atoms with Crippen molar-refractivity contribution in [1.82, 2.24) is 4.90 Å². The normalized spacial score (nSPS) is 21.7. The monoisotopic (exact) mass is 449 g/mol. The number of rotatable bonds is 3. The summed E-state index contributed by atoms with van der Waals surface area (Å²) in [6.07, 6.45) is 4.84. The largest absolute Gasteiger partial charge is 0.381 e. The lowest BCUT2D eigenvalue weighted by molar-refractivity contribution is -0.140. The topological polar surface area (TPSA) is 63.7 Å². The Labute approximate surface area is 197 Å². The van der Waals surface area contributed by atoms with Crippen LogP contribution in [-0.2, 0) is 19.1 Å². The van der Waals surface area contributed by atoms with Crippen molar-refractivity contribution < 1.29 is 19.1 Å². The molecule has 1 aromatic carbocycles. The molecule has 0 aromatic heterocycles. The number of amides is 1. The van der Waals surface area contributed by atoms with E-state index >= 15 is 0 Å². The molecule has 1 aromatic rings. The van der Waals surface area contributed by atoms with Crippen LogP contribution in [-0.4, -0.2) is 48.7 Å². The molecule has 33 heavy (non-hydrogen) atoms. The maximum atomic E-state index is 13.3. The van der Waals surface area contributed by atoms with Crippen molar-refractivity contribution in [3.05, 3.63) is 34.4 Å². The van der Waals surface area contributed by atoms with E-state index in [2.05, 4.69) is 11.8 Å². The minimum absolute atomic E-state index is 0.0359. The number of ether oxygens (including phenoxy) is 1. The average Bonchev–Trinajstić information content (AvgIpc) is 2.76. The van der Waals surface area contributed by atoms with Crippen LogP contribution in [0.15, 0.2) is 12.1 Å². The van der Waals surface area contributed by atoms with Gasteiger partial charge in [0.15, 0.2) is 0 Å². The smallest absolute Gasteiger partial charge is 0.222 e. The number of benzene rings is 1. The highest BCUT2D eigenvalue weighted by atomic mass is 16.5. The summed E-state index contributed by atoms with van der Waals surface area (Å²) in [6, 6.07) is 3.96. The van der Waals surface area contributed by atoms with Gasteiger partial charge < -0.3 is 9.64 Å². The number of likely N-dealkylation sites (tertiary alicyclic amines) is 1. The van der Waals surface area contributed by atoms with E-state index in [4.69, 9.17) is 4.74 Å². The zero-order valence-electron chi connectivity index (χ0n) is 20.2. The predicted molar refractivity (Wildman–Crippen MR) is 127 cm³/mol. The van der Waals surface area contributed by atoms with E-state index in [-0.39, 0.29) is 22.9 Å². The third kappa shape index (κ3) is 5.06. The van der Waals surface area contributed by atoms with Gasteiger partial charge in [0.05, 0.1) is 0 Å². The molecule has 5 heteroatoms. The minimum atomic E-state index is -0.660. The number of piperidine rings is 1. The highest BCUT2D eigenvalue weighted by Crippen LogP contribution is 2.46. The second-order valence-corrected chi connectivity index (χ2v) is 10.3. The molecule has 1 aliphatic carbocycles. The third-order valence-electron chi connectivity index (χ3n) is 7.88. The van der Waals surface area contributed by atoms with Gasteiger partial charge in [-0.25, -0.2) is 0 Å². The Morgan fingerprint density at radius 1 is 1.06 bits per heavy atom. The van der Waals surface area contributed by atoms with Gasteiger partial charge in [-0.2, -0.15) is 0 Å². The quantitative estimate of drug-likeness (QED) is 0.515. The van der Waals surface area contributed by atoms with E-state index in [0.29, 0.717) is 38.3 Å². The highest BCUT2D eigenvalue weighted by molar-refractivity contribution is 6.10. The first-order chi connectivity index (χ1) is 15.8. The van der Waals surface area contributed by atoms with Gasteiger partial charge in [0, 0.05) is 51.1 Å². The fourth-order valence-corrected chi connectivity index (χ4v) is 6.06. The maximum absolute atomic E-state index is 13.3. The Kier molecular flexibility index (Phi) is 7.05. The van der Waals surface area contributed by atoms with Crippen LogP contribution in [0.3, 0.4) is 0 Å². The lowest BCUT2D eigenvalue weighted by Crippen LogP contribution is -2.48. The van der Waals surface area contributed by atoms with Crippen molar-refractivity contribution in [1.29, 1.82) is 0 Å². The Morgan fingerprint density at radius 2 is 1.64 bits per heavy atom. The standard InChI is InChI=1S/C28H35NO4/c1-4-5-22-14-19(2)26(20(3)15-22)27-23(30)17-28(18-24(27)31)8-10-29(11-9-28)25(32)16-21-6-12-33-13-7-21/h14-15,21,27H,6-13,16-18H2,1-3H3. The summed E-state index contributed by atoms with van der Waals surface area (Å²) in [4.78, 5) is 41.4. The van der Waals surface area contributed by atoms with Crippen molar-refractivity contribution >= 4 is 17.5 Å². The molecule has 2 saturated heterocycles. The van der Waals surface area contributed by atoms with Gasteiger partial charge in [-0.1, -0.05) is 5.92 Å². The van der Waals surface area contributed by atoms with Gasteiger partial charge in [-0.15, -0.1) is 5.92 Å². The second kappa shape index (κ2) is 9.81.